The van der Waals surface area contributed by atoms with Crippen LogP contribution in [0.3, 0.4) is 0 Å². The van der Waals surface area contributed by atoms with E-state index in [-0.39, 0.29) is 0 Å². The molecule has 0 aromatic carbocycles. The van der Waals surface area contributed by atoms with Crippen LogP contribution in [0.15, 0.2) is 12.2 Å². The zero-order valence-corrected chi connectivity index (χ0v) is 6.51. The summed E-state index contributed by atoms with van der Waals surface area (Å²) in [5.41, 5.74) is 0.752. The van der Waals surface area contributed by atoms with Crippen LogP contribution >= 0.6 is 0 Å². The Bertz CT molecular complexity index is 204. The second kappa shape index (κ2) is 1.34. The maximum Gasteiger partial charge on any atom is -0.00783 e. The predicted octanol–water partition coefficient (Wildman–Crippen LogP) is 2.61. The first-order chi connectivity index (χ1) is 4.80. The first-order valence-corrected chi connectivity index (χ1v) is 4.49. The quantitative estimate of drug-likeness (QED) is 0.447. The molecule has 0 N–H and O–H groups in total. The molecule has 3 aliphatic carbocycles. The zero-order valence-electron chi connectivity index (χ0n) is 6.51. The molecule has 2 fully saturated rings. The number of rotatable bonds is 0. The molecular formula is C10H14. The third-order valence-electron chi connectivity index (χ3n) is 3.77. The second-order valence-corrected chi connectivity index (χ2v) is 4.61. The van der Waals surface area contributed by atoms with Crippen LogP contribution in [0.1, 0.15) is 26.2 Å². The van der Waals surface area contributed by atoms with Crippen LogP contribution in [-0.4, -0.2) is 0 Å². The first kappa shape index (κ1) is 5.40. The van der Waals surface area contributed by atoms with E-state index in [4.69, 9.17) is 0 Å². The third kappa shape index (κ3) is 0.457. The molecule has 0 heteroatoms. The summed E-state index contributed by atoms with van der Waals surface area (Å²) in [6, 6.07) is 0. The lowest BCUT2D eigenvalue weighted by atomic mass is 9.81. The Labute approximate surface area is 62.3 Å². The van der Waals surface area contributed by atoms with E-state index in [9.17, 15) is 0 Å². The number of allylic oxidation sites excluding steroid dienone is 2. The van der Waals surface area contributed by atoms with Crippen molar-refractivity contribution in [2.45, 2.75) is 26.2 Å². The molecule has 1 unspecified atom stereocenters. The van der Waals surface area contributed by atoms with E-state index in [1.165, 1.54) is 19.3 Å². The van der Waals surface area contributed by atoms with Gasteiger partial charge >= 0.3 is 0 Å². The lowest BCUT2D eigenvalue weighted by molar-refractivity contribution is 0.286. The molecule has 3 rings (SSSR count). The molecule has 54 valence electrons. The van der Waals surface area contributed by atoms with Crippen molar-refractivity contribution >= 4 is 0 Å². The van der Waals surface area contributed by atoms with Crippen molar-refractivity contribution in [3.8, 4) is 0 Å². The molecule has 2 saturated carbocycles. The van der Waals surface area contributed by atoms with E-state index in [2.05, 4.69) is 19.1 Å². The number of hydrogen-bond acceptors (Lipinski definition) is 0. The van der Waals surface area contributed by atoms with Crippen molar-refractivity contribution in [2.24, 2.45) is 23.2 Å². The van der Waals surface area contributed by atoms with E-state index in [0.29, 0.717) is 0 Å². The maximum absolute atomic E-state index is 2.52. The Morgan fingerprint density at radius 3 is 3.00 bits per heavy atom. The second-order valence-electron chi connectivity index (χ2n) is 4.61. The van der Waals surface area contributed by atoms with Gasteiger partial charge in [-0.25, -0.2) is 0 Å². The van der Waals surface area contributed by atoms with Gasteiger partial charge in [-0.05, 0) is 42.4 Å². The summed E-state index contributed by atoms with van der Waals surface area (Å²) in [4.78, 5) is 0. The minimum atomic E-state index is 0.752. The van der Waals surface area contributed by atoms with Gasteiger partial charge in [0.1, 0.15) is 0 Å². The highest BCUT2D eigenvalue weighted by atomic mass is 14.6. The molecule has 0 spiro atoms. The van der Waals surface area contributed by atoms with Crippen LogP contribution in [-0.2, 0) is 0 Å². The van der Waals surface area contributed by atoms with Crippen LogP contribution in [0, 0.1) is 23.2 Å². The highest BCUT2D eigenvalue weighted by Crippen LogP contribution is 2.69. The van der Waals surface area contributed by atoms with Gasteiger partial charge < -0.3 is 0 Å². The summed E-state index contributed by atoms with van der Waals surface area (Å²) in [7, 11) is 0. The van der Waals surface area contributed by atoms with E-state index < -0.39 is 0 Å². The molecule has 0 saturated heterocycles. The fraction of sp³-hybridized carbons (Fsp3) is 0.800. The van der Waals surface area contributed by atoms with Gasteiger partial charge in [-0.2, -0.15) is 0 Å². The average molecular weight is 134 g/mol. The maximum atomic E-state index is 2.52. The molecule has 0 aromatic rings. The fourth-order valence-electron chi connectivity index (χ4n) is 3.31. The van der Waals surface area contributed by atoms with E-state index in [1.54, 1.807) is 0 Å². The Morgan fingerprint density at radius 1 is 1.40 bits per heavy atom. The van der Waals surface area contributed by atoms with Crippen molar-refractivity contribution in [2.75, 3.05) is 0 Å². The number of hydrogen-bond donors (Lipinski definition) is 0. The lowest BCUT2D eigenvalue weighted by Gasteiger charge is -2.23. The zero-order chi connectivity index (χ0) is 6.77. The van der Waals surface area contributed by atoms with Crippen molar-refractivity contribution in [3.05, 3.63) is 12.2 Å². The van der Waals surface area contributed by atoms with Crippen molar-refractivity contribution in [3.63, 3.8) is 0 Å². The molecule has 10 heavy (non-hydrogen) atoms. The topological polar surface area (TPSA) is 0 Å². The molecule has 4 atom stereocenters. The molecule has 0 aliphatic heterocycles. The summed E-state index contributed by atoms with van der Waals surface area (Å²) >= 11 is 0. The van der Waals surface area contributed by atoms with Crippen LogP contribution in [0.5, 0.6) is 0 Å². The van der Waals surface area contributed by atoms with Gasteiger partial charge in [0.25, 0.3) is 0 Å². The van der Waals surface area contributed by atoms with Gasteiger partial charge in [-0.15, -0.1) is 0 Å². The highest BCUT2D eigenvalue weighted by molar-refractivity contribution is 5.27. The molecule has 0 aromatic heterocycles. The highest BCUT2D eigenvalue weighted by Gasteiger charge is 2.61. The summed E-state index contributed by atoms with van der Waals surface area (Å²) in [5, 5.41) is 0. The van der Waals surface area contributed by atoms with Crippen molar-refractivity contribution < 1.29 is 0 Å². The summed E-state index contributed by atoms with van der Waals surface area (Å²) in [6.07, 6.45) is 9.50. The smallest absolute Gasteiger partial charge is 0.00783 e. The van der Waals surface area contributed by atoms with Crippen LogP contribution in [0.4, 0.5) is 0 Å². The summed E-state index contributed by atoms with van der Waals surface area (Å²) < 4.78 is 0. The fourth-order valence-corrected chi connectivity index (χ4v) is 3.31. The van der Waals surface area contributed by atoms with E-state index >= 15 is 0 Å². The molecule has 0 nitrogen and oxygen atoms in total. The molecule has 3 aliphatic rings. The van der Waals surface area contributed by atoms with Crippen LogP contribution in [0.25, 0.3) is 0 Å². The van der Waals surface area contributed by atoms with Crippen LogP contribution < -0.4 is 0 Å². The Kier molecular flexibility index (Phi) is 0.725. The third-order valence-corrected chi connectivity index (χ3v) is 3.77. The summed E-state index contributed by atoms with van der Waals surface area (Å²) in [6.45, 7) is 2.41. The molecule has 0 heterocycles. The Morgan fingerprint density at radius 2 is 2.30 bits per heavy atom. The van der Waals surface area contributed by atoms with Gasteiger partial charge in [-0.3, -0.25) is 0 Å². The first-order valence-electron chi connectivity index (χ1n) is 4.49. The molecule has 0 amide bonds. The van der Waals surface area contributed by atoms with E-state index in [0.717, 1.165) is 23.2 Å². The minimum absolute atomic E-state index is 0.752. The minimum Gasteiger partial charge on any atom is -0.0845 e. The van der Waals surface area contributed by atoms with E-state index in [1.807, 2.05) is 0 Å². The van der Waals surface area contributed by atoms with Crippen molar-refractivity contribution in [1.29, 1.82) is 0 Å². The molecule has 0 radical (unpaired) electrons. The van der Waals surface area contributed by atoms with Gasteiger partial charge in [0.05, 0.1) is 0 Å². The van der Waals surface area contributed by atoms with Crippen molar-refractivity contribution in [1.82, 2.24) is 0 Å². The SMILES string of the molecule is C[C@@H]1C[C@@H]2C=C[C@]3(CC23)C1. The standard InChI is InChI=1S/C10H14/c1-7-4-8-2-3-10(5-7)6-9(8)10/h2-3,7-9H,4-6H2,1H3/t7-,8+,9?,10-/m1/s1. The summed E-state index contributed by atoms with van der Waals surface area (Å²) in [5.74, 6) is 3.09. The van der Waals surface area contributed by atoms with Gasteiger partial charge in [0, 0.05) is 0 Å². The van der Waals surface area contributed by atoms with Crippen LogP contribution in [0.2, 0.25) is 0 Å². The van der Waals surface area contributed by atoms with Gasteiger partial charge in [-0.1, -0.05) is 19.1 Å². The molecule has 2 bridgehead atoms. The average Bonchev–Trinajstić information content (AvgIpc) is 2.55. The Hall–Kier alpha value is -0.260. The lowest BCUT2D eigenvalue weighted by Crippen LogP contribution is -2.15. The predicted molar refractivity (Wildman–Crippen MR) is 41.6 cm³/mol. The largest absolute Gasteiger partial charge is 0.0845 e. The Balaban J connectivity index is 2.00. The normalized spacial score (nSPS) is 62.3. The van der Waals surface area contributed by atoms with Gasteiger partial charge in [0.2, 0.25) is 0 Å². The van der Waals surface area contributed by atoms with Gasteiger partial charge in [0.15, 0.2) is 0 Å². The molecular weight excluding hydrogens is 120 g/mol. The monoisotopic (exact) mass is 134 g/mol.